The van der Waals surface area contributed by atoms with Gasteiger partial charge >= 0.3 is 6.03 Å². The van der Waals surface area contributed by atoms with Crippen molar-refractivity contribution in [3.8, 4) is 0 Å². The van der Waals surface area contributed by atoms with Crippen LogP contribution in [0.15, 0.2) is 48.7 Å². The van der Waals surface area contributed by atoms with Gasteiger partial charge in [-0.3, -0.25) is 4.90 Å². The Morgan fingerprint density at radius 2 is 1.90 bits per heavy atom. The number of piperidine rings is 1. The monoisotopic (exact) mass is 404 g/mol. The lowest BCUT2D eigenvalue weighted by atomic mass is 10.0. The Hall–Kier alpha value is -3.06. The average Bonchev–Trinajstić information content (AvgIpc) is 3.39. The van der Waals surface area contributed by atoms with Crippen molar-refractivity contribution in [2.24, 2.45) is 0 Å². The molecule has 0 spiro atoms. The highest BCUT2D eigenvalue weighted by atomic mass is 16.2. The van der Waals surface area contributed by atoms with Crippen LogP contribution >= 0.6 is 0 Å². The van der Waals surface area contributed by atoms with Crippen LogP contribution in [0, 0.1) is 6.92 Å². The number of pyridine rings is 1. The lowest BCUT2D eigenvalue weighted by molar-refractivity contribution is 0.252. The van der Waals surface area contributed by atoms with Crippen molar-refractivity contribution in [2.45, 2.75) is 32.4 Å². The zero-order valence-corrected chi connectivity index (χ0v) is 17.3. The Kier molecular flexibility index (Phi) is 5.04. The summed E-state index contributed by atoms with van der Waals surface area (Å²) in [6.45, 7) is 6.37. The van der Waals surface area contributed by atoms with E-state index in [0.717, 1.165) is 56.0 Å². The standard InChI is InChI=1S/C23H28N6O/c1-17-4-2-7-22-26-19(16-29(17)22)15-25-18-8-11-27(12-9-18)20-5-3-6-21(14-20)28-13-10-24-23(28)30/h2-7,14,16,18,25H,8-13,15H2,1H3,(H,24,30). The van der Waals surface area contributed by atoms with Crippen LogP contribution in [-0.2, 0) is 6.54 Å². The Balaban J connectivity index is 1.17. The molecule has 2 fully saturated rings. The van der Waals surface area contributed by atoms with E-state index in [1.165, 1.54) is 11.4 Å². The van der Waals surface area contributed by atoms with Gasteiger partial charge in [-0.25, -0.2) is 9.78 Å². The number of carbonyl (C=O) groups excluding carboxylic acids is 1. The summed E-state index contributed by atoms with van der Waals surface area (Å²) in [7, 11) is 0. The first kappa shape index (κ1) is 18.9. The molecule has 7 heteroatoms. The van der Waals surface area contributed by atoms with Gasteiger partial charge in [-0.2, -0.15) is 0 Å². The fourth-order valence-electron chi connectivity index (χ4n) is 4.45. The summed E-state index contributed by atoms with van der Waals surface area (Å²) in [5.41, 5.74) is 5.47. The van der Waals surface area contributed by atoms with Crippen LogP contribution in [0.5, 0.6) is 0 Å². The maximum atomic E-state index is 12.0. The molecule has 30 heavy (non-hydrogen) atoms. The molecule has 2 saturated heterocycles. The van der Waals surface area contributed by atoms with Crippen LogP contribution in [0.3, 0.4) is 0 Å². The molecule has 0 radical (unpaired) electrons. The number of imidazole rings is 1. The zero-order chi connectivity index (χ0) is 20.5. The molecule has 0 atom stereocenters. The molecular formula is C23H28N6O. The number of urea groups is 1. The molecular weight excluding hydrogens is 376 g/mol. The lowest BCUT2D eigenvalue weighted by Crippen LogP contribution is -2.42. The van der Waals surface area contributed by atoms with Crippen LogP contribution in [0.25, 0.3) is 5.65 Å². The van der Waals surface area contributed by atoms with Crippen molar-refractivity contribution in [3.63, 3.8) is 0 Å². The Morgan fingerprint density at radius 1 is 1.10 bits per heavy atom. The van der Waals surface area contributed by atoms with E-state index in [1.54, 1.807) is 0 Å². The quantitative estimate of drug-likeness (QED) is 0.686. The molecule has 2 N–H and O–H groups in total. The number of rotatable bonds is 5. The van der Waals surface area contributed by atoms with Crippen LogP contribution in [0.1, 0.15) is 24.2 Å². The van der Waals surface area contributed by atoms with Gasteiger partial charge < -0.3 is 19.9 Å². The molecule has 0 saturated carbocycles. The predicted octanol–water partition coefficient (Wildman–Crippen LogP) is 2.93. The highest BCUT2D eigenvalue weighted by Gasteiger charge is 2.23. The summed E-state index contributed by atoms with van der Waals surface area (Å²) < 4.78 is 2.15. The molecule has 0 bridgehead atoms. The number of hydrogen-bond acceptors (Lipinski definition) is 4. The van der Waals surface area contributed by atoms with E-state index in [0.29, 0.717) is 12.6 Å². The van der Waals surface area contributed by atoms with Crippen molar-refractivity contribution >= 4 is 23.1 Å². The number of amides is 2. The first-order chi connectivity index (χ1) is 14.7. The summed E-state index contributed by atoms with van der Waals surface area (Å²) in [4.78, 5) is 20.9. The number of aromatic nitrogens is 2. The van der Waals surface area contributed by atoms with Crippen LogP contribution in [0.4, 0.5) is 16.2 Å². The van der Waals surface area contributed by atoms with E-state index in [-0.39, 0.29) is 6.03 Å². The van der Waals surface area contributed by atoms with Gasteiger partial charge in [0, 0.05) is 62.0 Å². The van der Waals surface area contributed by atoms with Gasteiger partial charge in [-0.15, -0.1) is 0 Å². The maximum absolute atomic E-state index is 12.0. The summed E-state index contributed by atoms with van der Waals surface area (Å²) in [5, 5.41) is 6.56. The fourth-order valence-corrected chi connectivity index (χ4v) is 4.45. The van der Waals surface area contributed by atoms with Gasteiger partial charge in [-0.05, 0) is 50.1 Å². The van der Waals surface area contributed by atoms with Crippen LogP contribution in [-0.4, -0.2) is 47.6 Å². The highest BCUT2D eigenvalue weighted by molar-refractivity contribution is 5.94. The minimum Gasteiger partial charge on any atom is -0.371 e. The summed E-state index contributed by atoms with van der Waals surface area (Å²) in [6, 6.07) is 15.0. The Bertz CT molecular complexity index is 1050. The summed E-state index contributed by atoms with van der Waals surface area (Å²) in [5.74, 6) is 0. The number of nitrogens with zero attached hydrogens (tertiary/aromatic N) is 4. The number of anilines is 2. The van der Waals surface area contributed by atoms with Crippen molar-refractivity contribution in [2.75, 3.05) is 36.0 Å². The van der Waals surface area contributed by atoms with Gasteiger partial charge in [-0.1, -0.05) is 12.1 Å². The molecule has 1 aromatic carbocycles. The summed E-state index contributed by atoms with van der Waals surface area (Å²) >= 11 is 0. The van der Waals surface area contributed by atoms with E-state index >= 15 is 0 Å². The van der Waals surface area contributed by atoms with Gasteiger partial charge in [0.05, 0.1) is 5.69 Å². The van der Waals surface area contributed by atoms with Crippen LogP contribution in [0.2, 0.25) is 0 Å². The molecule has 0 unspecified atom stereocenters. The second-order valence-electron chi connectivity index (χ2n) is 8.17. The van der Waals surface area contributed by atoms with Crippen molar-refractivity contribution in [1.29, 1.82) is 0 Å². The fraction of sp³-hybridized carbons (Fsp3) is 0.391. The molecule has 2 aliphatic heterocycles. The molecule has 3 aromatic rings. The smallest absolute Gasteiger partial charge is 0.321 e. The second kappa shape index (κ2) is 7.99. The molecule has 2 aliphatic rings. The van der Waals surface area contributed by atoms with Crippen molar-refractivity contribution < 1.29 is 4.79 Å². The Morgan fingerprint density at radius 3 is 2.67 bits per heavy atom. The first-order valence-corrected chi connectivity index (χ1v) is 10.7. The number of aryl methyl sites for hydroxylation is 1. The van der Waals surface area contributed by atoms with E-state index in [1.807, 2.05) is 17.0 Å². The largest absolute Gasteiger partial charge is 0.371 e. The van der Waals surface area contributed by atoms with Crippen molar-refractivity contribution in [1.82, 2.24) is 20.0 Å². The second-order valence-corrected chi connectivity index (χ2v) is 8.17. The molecule has 0 aliphatic carbocycles. The van der Waals surface area contributed by atoms with Gasteiger partial charge in [0.15, 0.2) is 0 Å². The minimum atomic E-state index is -0.00259. The molecule has 7 nitrogen and oxygen atoms in total. The normalized spacial score (nSPS) is 17.7. The van der Waals surface area contributed by atoms with Crippen molar-refractivity contribution in [3.05, 3.63) is 60.0 Å². The number of fused-ring (bicyclic) bond motifs is 1. The zero-order valence-electron chi connectivity index (χ0n) is 17.3. The molecule has 5 rings (SSSR count). The summed E-state index contributed by atoms with van der Waals surface area (Å²) in [6.07, 6.45) is 4.33. The average molecular weight is 405 g/mol. The molecule has 2 amide bonds. The number of carbonyl (C=O) groups is 1. The van der Waals surface area contributed by atoms with E-state index in [2.05, 4.69) is 63.4 Å². The Labute approximate surface area is 176 Å². The van der Waals surface area contributed by atoms with Gasteiger partial charge in [0.1, 0.15) is 5.65 Å². The molecule has 4 heterocycles. The third kappa shape index (κ3) is 3.73. The highest BCUT2D eigenvalue weighted by Crippen LogP contribution is 2.26. The molecule has 2 aromatic heterocycles. The number of benzene rings is 1. The number of nitrogens with one attached hydrogen (secondary N) is 2. The lowest BCUT2D eigenvalue weighted by Gasteiger charge is -2.34. The number of hydrogen-bond donors (Lipinski definition) is 2. The molecule has 156 valence electrons. The van der Waals surface area contributed by atoms with E-state index in [9.17, 15) is 4.79 Å². The maximum Gasteiger partial charge on any atom is 0.321 e. The van der Waals surface area contributed by atoms with Gasteiger partial charge in [0.25, 0.3) is 0 Å². The van der Waals surface area contributed by atoms with Gasteiger partial charge in [0.2, 0.25) is 0 Å². The third-order valence-corrected chi connectivity index (χ3v) is 6.18. The van der Waals surface area contributed by atoms with E-state index in [4.69, 9.17) is 4.98 Å². The topological polar surface area (TPSA) is 64.9 Å². The predicted molar refractivity (Wildman–Crippen MR) is 119 cm³/mol. The SMILES string of the molecule is Cc1cccc2nc(CNC3CCN(c4cccc(N5CCNC5=O)c4)CC3)cn12. The minimum absolute atomic E-state index is 0.00259. The van der Waals surface area contributed by atoms with Crippen LogP contribution < -0.4 is 20.4 Å². The van der Waals surface area contributed by atoms with E-state index < -0.39 is 0 Å². The third-order valence-electron chi connectivity index (χ3n) is 6.18. The first-order valence-electron chi connectivity index (χ1n) is 10.7.